The number of carbonyl (C=O) groups excluding carboxylic acids is 1. The highest BCUT2D eigenvalue weighted by molar-refractivity contribution is 5.92. The van der Waals surface area contributed by atoms with Crippen molar-refractivity contribution in [3.63, 3.8) is 0 Å². The van der Waals surface area contributed by atoms with Gasteiger partial charge in [0.15, 0.2) is 0 Å². The van der Waals surface area contributed by atoms with Crippen LogP contribution in [0.15, 0.2) is 36.4 Å². The van der Waals surface area contributed by atoms with Crippen molar-refractivity contribution in [2.45, 2.75) is 13.3 Å². The number of anilines is 1. The summed E-state index contributed by atoms with van der Waals surface area (Å²) >= 11 is 0. The van der Waals surface area contributed by atoms with Gasteiger partial charge in [0.1, 0.15) is 6.07 Å². The minimum atomic E-state index is -0.154. The molecule has 4 heteroatoms. The number of allylic oxidation sites excluding steroid dienone is 1. The van der Waals surface area contributed by atoms with Gasteiger partial charge in [0.05, 0.1) is 30.9 Å². The standard InChI is InChI=1S/C14H16N2O2/c1-2-3-9-18-10-8-14(17)16-13-7-5-4-6-12(13)11-15/h2-7H,8-10H2,1H3,(H,16,17). The van der Waals surface area contributed by atoms with E-state index in [-0.39, 0.29) is 12.3 Å². The Labute approximate surface area is 107 Å². The summed E-state index contributed by atoms with van der Waals surface area (Å²) in [6, 6.07) is 8.94. The number of hydrogen-bond acceptors (Lipinski definition) is 3. The van der Waals surface area contributed by atoms with Gasteiger partial charge in [-0.3, -0.25) is 4.79 Å². The smallest absolute Gasteiger partial charge is 0.226 e. The van der Waals surface area contributed by atoms with Gasteiger partial charge in [0, 0.05) is 0 Å². The van der Waals surface area contributed by atoms with Crippen LogP contribution >= 0.6 is 0 Å². The average molecular weight is 244 g/mol. The fraction of sp³-hybridized carbons (Fsp3) is 0.286. The molecule has 0 bridgehead atoms. The molecule has 1 aromatic carbocycles. The first-order valence-corrected chi connectivity index (χ1v) is 5.75. The highest BCUT2D eigenvalue weighted by atomic mass is 16.5. The largest absolute Gasteiger partial charge is 0.377 e. The van der Waals surface area contributed by atoms with E-state index < -0.39 is 0 Å². The van der Waals surface area contributed by atoms with Crippen molar-refractivity contribution in [3.05, 3.63) is 42.0 Å². The van der Waals surface area contributed by atoms with Crippen LogP contribution in [-0.4, -0.2) is 19.1 Å². The molecule has 0 fully saturated rings. The second kappa shape index (κ2) is 8.04. The summed E-state index contributed by atoms with van der Waals surface area (Å²) in [7, 11) is 0. The summed E-state index contributed by atoms with van der Waals surface area (Å²) in [4.78, 5) is 11.6. The molecule has 0 aromatic heterocycles. The number of para-hydroxylation sites is 1. The first kappa shape index (κ1) is 13.9. The van der Waals surface area contributed by atoms with Crippen molar-refractivity contribution in [1.82, 2.24) is 0 Å². The molecule has 0 heterocycles. The van der Waals surface area contributed by atoms with Crippen molar-refractivity contribution in [2.24, 2.45) is 0 Å². The van der Waals surface area contributed by atoms with Crippen molar-refractivity contribution in [1.29, 1.82) is 5.26 Å². The Balaban J connectivity index is 2.38. The maximum atomic E-state index is 11.6. The number of amides is 1. The van der Waals surface area contributed by atoms with Crippen molar-refractivity contribution in [2.75, 3.05) is 18.5 Å². The van der Waals surface area contributed by atoms with E-state index >= 15 is 0 Å². The van der Waals surface area contributed by atoms with Gasteiger partial charge in [-0.25, -0.2) is 0 Å². The number of benzene rings is 1. The monoisotopic (exact) mass is 244 g/mol. The lowest BCUT2D eigenvalue weighted by atomic mass is 10.2. The van der Waals surface area contributed by atoms with Gasteiger partial charge in [-0.15, -0.1) is 0 Å². The molecule has 4 nitrogen and oxygen atoms in total. The minimum Gasteiger partial charge on any atom is -0.377 e. The molecule has 1 N–H and O–H groups in total. The van der Waals surface area contributed by atoms with E-state index in [2.05, 4.69) is 5.32 Å². The summed E-state index contributed by atoms with van der Waals surface area (Å²) in [6.45, 7) is 2.79. The van der Waals surface area contributed by atoms with E-state index in [1.807, 2.05) is 25.1 Å². The van der Waals surface area contributed by atoms with Crippen LogP contribution in [0.1, 0.15) is 18.9 Å². The molecule has 0 unspecified atom stereocenters. The molecule has 0 aliphatic rings. The molecule has 0 aliphatic carbocycles. The lowest BCUT2D eigenvalue weighted by Crippen LogP contribution is -2.14. The van der Waals surface area contributed by atoms with E-state index in [1.165, 1.54) is 0 Å². The van der Waals surface area contributed by atoms with Gasteiger partial charge in [-0.05, 0) is 19.1 Å². The molecule has 0 saturated heterocycles. The number of nitrogens with one attached hydrogen (secondary N) is 1. The normalized spacial score (nSPS) is 10.2. The molecular weight excluding hydrogens is 228 g/mol. The van der Waals surface area contributed by atoms with Crippen LogP contribution in [0.25, 0.3) is 0 Å². The molecule has 0 aliphatic heterocycles. The Morgan fingerprint density at radius 2 is 2.28 bits per heavy atom. The van der Waals surface area contributed by atoms with E-state index in [0.29, 0.717) is 24.5 Å². The van der Waals surface area contributed by atoms with E-state index in [4.69, 9.17) is 10.00 Å². The predicted molar refractivity (Wildman–Crippen MR) is 70.0 cm³/mol. The third-order valence-electron chi connectivity index (χ3n) is 2.24. The van der Waals surface area contributed by atoms with Crippen molar-refractivity contribution >= 4 is 11.6 Å². The van der Waals surface area contributed by atoms with Gasteiger partial charge in [0.2, 0.25) is 5.91 Å². The Hall–Kier alpha value is -2.12. The quantitative estimate of drug-likeness (QED) is 0.617. The number of ether oxygens (including phenoxy) is 1. The van der Waals surface area contributed by atoms with Crippen LogP contribution in [0.3, 0.4) is 0 Å². The summed E-state index contributed by atoms with van der Waals surface area (Å²) in [6.07, 6.45) is 4.05. The maximum Gasteiger partial charge on any atom is 0.226 e. The summed E-state index contributed by atoms with van der Waals surface area (Å²) in [5.41, 5.74) is 0.999. The van der Waals surface area contributed by atoms with Gasteiger partial charge in [-0.1, -0.05) is 24.3 Å². The lowest BCUT2D eigenvalue weighted by molar-refractivity contribution is -0.117. The Bertz CT molecular complexity index is 461. The Morgan fingerprint density at radius 1 is 1.50 bits per heavy atom. The number of rotatable bonds is 6. The lowest BCUT2D eigenvalue weighted by Gasteiger charge is -2.06. The second-order valence-electron chi connectivity index (χ2n) is 3.60. The van der Waals surface area contributed by atoms with Crippen molar-refractivity contribution < 1.29 is 9.53 Å². The predicted octanol–water partition coefficient (Wildman–Crippen LogP) is 2.48. The van der Waals surface area contributed by atoms with Crippen LogP contribution in [0.5, 0.6) is 0 Å². The highest BCUT2D eigenvalue weighted by Gasteiger charge is 2.05. The first-order valence-electron chi connectivity index (χ1n) is 5.75. The van der Waals surface area contributed by atoms with Crippen LogP contribution in [0, 0.1) is 11.3 Å². The van der Waals surface area contributed by atoms with Crippen LogP contribution < -0.4 is 5.32 Å². The third kappa shape index (κ3) is 4.81. The second-order valence-corrected chi connectivity index (χ2v) is 3.60. The topological polar surface area (TPSA) is 62.1 Å². The van der Waals surface area contributed by atoms with Crippen LogP contribution in [0.2, 0.25) is 0 Å². The molecular formula is C14H16N2O2. The van der Waals surface area contributed by atoms with E-state index in [0.717, 1.165) is 0 Å². The molecule has 0 spiro atoms. The third-order valence-corrected chi connectivity index (χ3v) is 2.24. The molecule has 1 aromatic rings. The SMILES string of the molecule is CC=CCOCCC(=O)Nc1ccccc1C#N. The minimum absolute atomic E-state index is 0.154. The molecule has 94 valence electrons. The Morgan fingerprint density at radius 3 is 3.00 bits per heavy atom. The summed E-state index contributed by atoms with van der Waals surface area (Å²) in [5, 5.41) is 11.6. The van der Waals surface area contributed by atoms with Gasteiger partial charge < -0.3 is 10.1 Å². The molecule has 1 rings (SSSR count). The number of nitrogens with zero attached hydrogens (tertiary/aromatic N) is 1. The molecule has 1 amide bonds. The average Bonchev–Trinajstić information content (AvgIpc) is 2.39. The fourth-order valence-corrected chi connectivity index (χ4v) is 1.31. The van der Waals surface area contributed by atoms with Crippen LogP contribution in [-0.2, 0) is 9.53 Å². The summed E-state index contributed by atoms with van der Waals surface area (Å²) < 4.78 is 5.23. The highest BCUT2D eigenvalue weighted by Crippen LogP contribution is 2.13. The zero-order valence-electron chi connectivity index (χ0n) is 10.3. The van der Waals surface area contributed by atoms with Gasteiger partial charge in [0.25, 0.3) is 0 Å². The van der Waals surface area contributed by atoms with E-state index in [9.17, 15) is 4.79 Å². The van der Waals surface area contributed by atoms with Gasteiger partial charge in [-0.2, -0.15) is 5.26 Å². The van der Waals surface area contributed by atoms with Gasteiger partial charge >= 0.3 is 0 Å². The molecule has 0 radical (unpaired) electrons. The molecule has 0 saturated carbocycles. The van der Waals surface area contributed by atoms with Crippen LogP contribution in [0.4, 0.5) is 5.69 Å². The molecule has 0 atom stereocenters. The van der Waals surface area contributed by atoms with Crippen molar-refractivity contribution in [3.8, 4) is 6.07 Å². The zero-order chi connectivity index (χ0) is 13.2. The molecule has 18 heavy (non-hydrogen) atoms. The maximum absolute atomic E-state index is 11.6. The summed E-state index contributed by atoms with van der Waals surface area (Å²) in [5.74, 6) is -0.154. The van der Waals surface area contributed by atoms with E-state index in [1.54, 1.807) is 24.3 Å². The number of carbonyl (C=O) groups is 1. The fourth-order valence-electron chi connectivity index (χ4n) is 1.31. The zero-order valence-corrected chi connectivity index (χ0v) is 10.3. The Kier molecular flexibility index (Phi) is 6.23. The number of hydrogen-bond donors (Lipinski definition) is 1. The first-order chi connectivity index (χ1) is 8.77. The number of nitriles is 1.